The molecule has 0 saturated carbocycles. The van der Waals surface area contributed by atoms with Gasteiger partial charge in [-0.2, -0.15) is 0 Å². The number of thioether (sulfide) groups is 1. The summed E-state index contributed by atoms with van der Waals surface area (Å²) < 4.78 is 11.9. The number of amides is 1. The standard InChI is InChI=1S/C27H21N3O5S3/c1-15-4-6-16(7-5-15)14-37-27-29-28-26(38-27)30-22(20-3-2-12-36-20)21(24(32)25(30)33)23(31)17-8-9-18-19(13-17)35-11-10-34-18/h2-9,12-13,22,31H,10-11,14H2,1H3/b23-21+. The zero-order valence-electron chi connectivity index (χ0n) is 20.1. The van der Waals surface area contributed by atoms with Gasteiger partial charge in [-0.05, 0) is 42.1 Å². The van der Waals surface area contributed by atoms with E-state index in [0.717, 1.165) is 10.4 Å². The van der Waals surface area contributed by atoms with Crippen molar-refractivity contribution in [3.05, 3.63) is 87.1 Å². The van der Waals surface area contributed by atoms with Crippen molar-refractivity contribution in [2.24, 2.45) is 0 Å². The minimum atomic E-state index is -0.828. The highest BCUT2D eigenvalue weighted by Gasteiger charge is 2.49. The molecule has 4 aromatic rings. The van der Waals surface area contributed by atoms with Gasteiger partial charge in [-0.1, -0.05) is 59.0 Å². The van der Waals surface area contributed by atoms with Gasteiger partial charge in [0.15, 0.2) is 15.8 Å². The monoisotopic (exact) mass is 563 g/mol. The highest BCUT2D eigenvalue weighted by Crippen LogP contribution is 2.45. The number of anilines is 1. The molecular formula is C27H21N3O5S3. The Bertz CT molecular complexity index is 1550. The second kappa shape index (κ2) is 10.2. The summed E-state index contributed by atoms with van der Waals surface area (Å²) in [6.07, 6.45) is 0. The summed E-state index contributed by atoms with van der Waals surface area (Å²) in [5, 5.41) is 22.0. The van der Waals surface area contributed by atoms with Gasteiger partial charge in [-0.25, -0.2) is 0 Å². The maximum atomic E-state index is 13.3. The third-order valence-electron chi connectivity index (χ3n) is 6.16. The summed E-state index contributed by atoms with van der Waals surface area (Å²) in [7, 11) is 0. The maximum absolute atomic E-state index is 13.3. The number of fused-ring (bicyclic) bond motifs is 1. The van der Waals surface area contributed by atoms with E-state index < -0.39 is 17.7 Å². The van der Waals surface area contributed by atoms with Crippen molar-refractivity contribution < 1.29 is 24.2 Å². The summed E-state index contributed by atoms with van der Waals surface area (Å²) in [4.78, 5) is 28.7. The minimum Gasteiger partial charge on any atom is -0.507 e. The van der Waals surface area contributed by atoms with Gasteiger partial charge in [0.05, 0.1) is 5.57 Å². The van der Waals surface area contributed by atoms with Crippen LogP contribution in [-0.2, 0) is 15.3 Å². The van der Waals surface area contributed by atoms with Gasteiger partial charge in [-0.3, -0.25) is 14.5 Å². The lowest BCUT2D eigenvalue weighted by atomic mass is 9.99. The fraction of sp³-hybridized carbons (Fsp3) is 0.185. The number of aryl methyl sites for hydroxylation is 1. The van der Waals surface area contributed by atoms with Crippen LogP contribution in [0.3, 0.4) is 0 Å². The summed E-state index contributed by atoms with van der Waals surface area (Å²) >= 11 is 4.15. The van der Waals surface area contributed by atoms with E-state index in [9.17, 15) is 14.7 Å². The fourth-order valence-electron chi connectivity index (χ4n) is 4.28. The van der Waals surface area contributed by atoms with Crippen LogP contribution < -0.4 is 14.4 Å². The van der Waals surface area contributed by atoms with E-state index in [2.05, 4.69) is 34.5 Å². The van der Waals surface area contributed by atoms with E-state index in [-0.39, 0.29) is 11.3 Å². The number of hydrogen-bond acceptors (Lipinski definition) is 10. The van der Waals surface area contributed by atoms with Crippen molar-refractivity contribution in [2.45, 2.75) is 23.1 Å². The Morgan fingerprint density at radius 3 is 2.63 bits per heavy atom. The van der Waals surface area contributed by atoms with Gasteiger partial charge >= 0.3 is 5.91 Å². The zero-order chi connectivity index (χ0) is 26.2. The number of hydrogen-bond donors (Lipinski definition) is 1. The number of aliphatic hydroxyl groups is 1. The summed E-state index contributed by atoms with van der Waals surface area (Å²) in [5.41, 5.74) is 2.70. The van der Waals surface area contributed by atoms with Crippen LogP contribution in [0.1, 0.15) is 27.6 Å². The van der Waals surface area contributed by atoms with Crippen LogP contribution >= 0.6 is 34.4 Å². The molecule has 2 aliphatic rings. The molecule has 8 nitrogen and oxygen atoms in total. The molecule has 192 valence electrons. The number of benzene rings is 2. The topological polar surface area (TPSA) is 102 Å². The number of ether oxygens (including phenoxy) is 2. The van der Waals surface area contributed by atoms with Crippen molar-refractivity contribution in [2.75, 3.05) is 18.1 Å². The molecule has 38 heavy (non-hydrogen) atoms. The highest BCUT2D eigenvalue weighted by molar-refractivity contribution is 8.00. The van der Waals surface area contributed by atoms with Gasteiger partial charge < -0.3 is 14.6 Å². The van der Waals surface area contributed by atoms with Gasteiger partial charge in [0.25, 0.3) is 5.78 Å². The molecule has 1 atom stereocenters. The number of carbonyl (C=O) groups excluding carboxylic acids is 2. The van der Waals surface area contributed by atoms with Gasteiger partial charge in [0.1, 0.15) is 25.0 Å². The molecule has 0 radical (unpaired) electrons. The molecule has 1 unspecified atom stereocenters. The van der Waals surface area contributed by atoms with Crippen LogP contribution in [0.5, 0.6) is 11.5 Å². The number of nitrogens with zero attached hydrogens (tertiary/aromatic N) is 3. The maximum Gasteiger partial charge on any atom is 0.301 e. The van der Waals surface area contributed by atoms with Gasteiger partial charge in [-0.15, -0.1) is 21.5 Å². The van der Waals surface area contributed by atoms with Crippen molar-refractivity contribution in [1.82, 2.24) is 10.2 Å². The highest BCUT2D eigenvalue weighted by atomic mass is 32.2. The molecule has 11 heteroatoms. The Morgan fingerprint density at radius 2 is 1.87 bits per heavy atom. The number of carbonyl (C=O) groups is 2. The van der Waals surface area contributed by atoms with E-state index in [0.29, 0.717) is 45.5 Å². The second-order valence-electron chi connectivity index (χ2n) is 8.67. The molecule has 4 heterocycles. The summed E-state index contributed by atoms with van der Waals surface area (Å²) in [5.74, 6) is -0.0749. The Morgan fingerprint density at radius 1 is 1.08 bits per heavy atom. The van der Waals surface area contributed by atoms with E-state index >= 15 is 0 Å². The average molecular weight is 564 g/mol. The number of ketones is 1. The predicted octanol–water partition coefficient (Wildman–Crippen LogP) is 5.60. The van der Waals surface area contributed by atoms with E-state index in [1.807, 2.05) is 24.4 Å². The van der Waals surface area contributed by atoms with Crippen molar-refractivity contribution in [3.63, 3.8) is 0 Å². The first kappa shape index (κ1) is 24.7. The SMILES string of the molecule is Cc1ccc(CSc2nnc(N3C(=O)C(=O)/C(=C(/O)c4ccc5c(c4)OCCO5)C3c3cccs3)s2)cc1. The van der Waals surface area contributed by atoms with Crippen LogP contribution in [0.2, 0.25) is 0 Å². The van der Waals surface area contributed by atoms with Crippen LogP contribution in [0.4, 0.5) is 5.13 Å². The third kappa shape index (κ3) is 4.57. The van der Waals surface area contributed by atoms with Crippen molar-refractivity contribution in [1.29, 1.82) is 0 Å². The Labute approximate surface area is 230 Å². The molecule has 0 spiro atoms. The smallest absolute Gasteiger partial charge is 0.301 e. The van der Waals surface area contributed by atoms with Crippen molar-refractivity contribution >= 4 is 57.0 Å². The molecule has 2 aromatic heterocycles. The summed E-state index contributed by atoms with van der Waals surface area (Å²) in [6.45, 7) is 2.87. The first-order valence-corrected chi connectivity index (χ1v) is 14.4. The molecule has 1 fully saturated rings. The Kier molecular flexibility index (Phi) is 6.64. The molecule has 0 bridgehead atoms. The van der Waals surface area contributed by atoms with Crippen molar-refractivity contribution in [3.8, 4) is 11.5 Å². The molecule has 2 aromatic carbocycles. The molecule has 1 amide bonds. The van der Waals surface area contributed by atoms with Gasteiger partial charge in [0, 0.05) is 16.2 Å². The molecule has 2 aliphatic heterocycles. The Balaban J connectivity index is 1.35. The average Bonchev–Trinajstić information content (AvgIpc) is 3.68. The van der Waals surface area contributed by atoms with Crippen LogP contribution in [-0.4, -0.2) is 40.2 Å². The number of aliphatic hydroxyl groups excluding tert-OH is 1. The first-order chi connectivity index (χ1) is 18.5. The number of thiophene rings is 1. The third-order valence-corrected chi connectivity index (χ3v) is 9.21. The largest absolute Gasteiger partial charge is 0.507 e. The van der Waals surface area contributed by atoms with Crippen LogP contribution in [0.15, 0.2) is 69.9 Å². The zero-order valence-corrected chi connectivity index (χ0v) is 22.6. The first-order valence-electron chi connectivity index (χ1n) is 11.8. The molecule has 6 rings (SSSR count). The minimum absolute atomic E-state index is 0.00168. The normalized spacial score (nSPS) is 18.2. The quantitative estimate of drug-likeness (QED) is 0.106. The predicted molar refractivity (Wildman–Crippen MR) is 147 cm³/mol. The van der Waals surface area contributed by atoms with E-state index in [1.54, 1.807) is 18.2 Å². The number of rotatable bonds is 6. The van der Waals surface area contributed by atoms with Gasteiger partial charge in [0.2, 0.25) is 5.13 Å². The van der Waals surface area contributed by atoms with E-state index in [1.165, 1.54) is 44.9 Å². The number of Topliss-reactive ketones (excluding diaryl/α,β-unsaturated/α-hetero) is 1. The lowest BCUT2D eigenvalue weighted by Gasteiger charge is -2.21. The summed E-state index contributed by atoms with van der Waals surface area (Å²) in [6, 6.07) is 16.0. The molecular weight excluding hydrogens is 543 g/mol. The van der Waals surface area contributed by atoms with Crippen LogP contribution in [0.25, 0.3) is 5.76 Å². The lowest BCUT2D eigenvalue weighted by Crippen LogP contribution is -2.29. The number of aromatic nitrogens is 2. The van der Waals surface area contributed by atoms with Crippen LogP contribution in [0, 0.1) is 6.92 Å². The Hall–Kier alpha value is -3.67. The molecule has 1 saturated heterocycles. The molecule has 0 aliphatic carbocycles. The molecule has 1 N–H and O–H groups in total. The fourth-order valence-corrected chi connectivity index (χ4v) is 6.93. The lowest BCUT2D eigenvalue weighted by molar-refractivity contribution is -0.132. The van der Waals surface area contributed by atoms with E-state index in [4.69, 9.17) is 9.47 Å². The second-order valence-corrected chi connectivity index (χ2v) is 11.8.